The number of nitrogens with one attached hydrogen (secondary N) is 1. The number of nitrogens with two attached hydrogens (primary N) is 1. The Hall–Kier alpha value is -1.75. The maximum atomic E-state index is 11.2. The van der Waals surface area contributed by atoms with Crippen LogP contribution in [0.4, 0.5) is 5.69 Å². The summed E-state index contributed by atoms with van der Waals surface area (Å²) >= 11 is 5.80. The molecule has 0 saturated heterocycles. The first kappa shape index (κ1) is 15.3. The number of halogens is 1. The summed E-state index contributed by atoms with van der Waals surface area (Å²) in [5.41, 5.74) is 6.21. The molecule has 104 valence electrons. The largest absolute Gasteiger partial charge is 0.466 e. The summed E-state index contributed by atoms with van der Waals surface area (Å²) in [6.07, 6.45) is 0.944. The van der Waals surface area contributed by atoms with Crippen LogP contribution in [0.3, 0.4) is 0 Å². The van der Waals surface area contributed by atoms with Crippen LogP contribution in [0.25, 0.3) is 0 Å². The van der Waals surface area contributed by atoms with Crippen LogP contribution >= 0.6 is 11.6 Å². The first-order chi connectivity index (χ1) is 9.04. The average molecular weight is 285 g/mol. The molecule has 1 amide bonds. The minimum atomic E-state index is -0.546. The zero-order chi connectivity index (χ0) is 14.3. The van der Waals surface area contributed by atoms with Crippen LogP contribution < -0.4 is 11.1 Å². The molecule has 1 rings (SSSR count). The molecule has 6 heteroatoms. The fourth-order valence-corrected chi connectivity index (χ4v) is 1.74. The first-order valence-corrected chi connectivity index (χ1v) is 6.41. The molecular formula is C13H17ClN2O3. The molecule has 0 aliphatic heterocycles. The van der Waals surface area contributed by atoms with E-state index in [0.717, 1.165) is 0 Å². The molecule has 19 heavy (non-hydrogen) atoms. The highest BCUT2D eigenvalue weighted by molar-refractivity contribution is 6.31. The standard InChI is InChI=1S/C13H17ClN2O3/c1-2-19-12(17)4-3-7-16-11-6-5-9(14)8-10(11)13(15)18/h5-6,8,16H,2-4,7H2,1H3,(H2,15,18). The van der Waals surface area contributed by atoms with Crippen LogP contribution in [0, 0.1) is 0 Å². The van der Waals surface area contributed by atoms with Crippen molar-refractivity contribution in [3.63, 3.8) is 0 Å². The van der Waals surface area contributed by atoms with Crippen molar-refractivity contribution in [2.45, 2.75) is 19.8 Å². The number of primary amides is 1. The van der Waals surface area contributed by atoms with Gasteiger partial charge in [-0.3, -0.25) is 9.59 Å². The van der Waals surface area contributed by atoms with E-state index >= 15 is 0 Å². The van der Waals surface area contributed by atoms with Gasteiger partial charge in [0.1, 0.15) is 0 Å². The van der Waals surface area contributed by atoms with Crippen molar-refractivity contribution in [3.8, 4) is 0 Å². The normalized spacial score (nSPS) is 10.0. The Labute approximate surface area is 117 Å². The van der Waals surface area contributed by atoms with Crippen LogP contribution in [0.1, 0.15) is 30.1 Å². The molecule has 0 aromatic heterocycles. The Bertz CT molecular complexity index is 463. The molecule has 5 nitrogen and oxygen atoms in total. The van der Waals surface area contributed by atoms with Gasteiger partial charge in [-0.2, -0.15) is 0 Å². The van der Waals surface area contributed by atoms with Gasteiger partial charge in [0, 0.05) is 23.7 Å². The number of anilines is 1. The lowest BCUT2D eigenvalue weighted by Crippen LogP contribution is -2.15. The van der Waals surface area contributed by atoms with Gasteiger partial charge in [-0.25, -0.2) is 0 Å². The SMILES string of the molecule is CCOC(=O)CCCNc1ccc(Cl)cc1C(N)=O. The van der Waals surface area contributed by atoms with Gasteiger partial charge in [0.05, 0.1) is 12.2 Å². The predicted octanol–water partition coefficient (Wildman–Crippen LogP) is 2.19. The lowest BCUT2D eigenvalue weighted by molar-refractivity contribution is -0.143. The van der Waals surface area contributed by atoms with E-state index in [2.05, 4.69) is 5.32 Å². The average Bonchev–Trinajstić information content (AvgIpc) is 2.36. The summed E-state index contributed by atoms with van der Waals surface area (Å²) in [6, 6.07) is 4.87. The van der Waals surface area contributed by atoms with Gasteiger partial charge in [-0.1, -0.05) is 11.6 Å². The van der Waals surface area contributed by atoms with E-state index in [4.69, 9.17) is 22.1 Å². The van der Waals surface area contributed by atoms with E-state index < -0.39 is 5.91 Å². The van der Waals surface area contributed by atoms with Crippen molar-refractivity contribution in [3.05, 3.63) is 28.8 Å². The second-order valence-electron chi connectivity index (χ2n) is 3.89. The van der Waals surface area contributed by atoms with Crippen LogP contribution in [0.2, 0.25) is 5.02 Å². The van der Waals surface area contributed by atoms with E-state index in [1.54, 1.807) is 19.1 Å². The summed E-state index contributed by atoms with van der Waals surface area (Å²) < 4.78 is 4.81. The molecule has 0 bridgehead atoms. The summed E-state index contributed by atoms with van der Waals surface area (Å²) in [4.78, 5) is 22.4. The fourth-order valence-electron chi connectivity index (χ4n) is 1.56. The third kappa shape index (κ3) is 5.18. The van der Waals surface area contributed by atoms with Crippen molar-refractivity contribution in [1.82, 2.24) is 0 Å². The van der Waals surface area contributed by atoms with Crippen LogP contribution in [-0.4, -0.2) is 25.0 Å². The topological polar surface area (TPSA) is 81.4 Å². The van der Waals surface area contributed by atoms with E-state index in [1.165, 1.54) is 6.07 Å². The molecule has 0 saturated carbocycles. The van der Waals surface area contributed by atoms with Crippen molar-refractivity contribution >= 4 is 29.2 Å². The van der Waals surface area contributed by atoms with E-state index in [-0.39, 0.29) is 5.97 Å². The number of carbonyl (C=O) groups excluding carboxylic acids is 2. The van der Waals surface area contributed by atoms with E-state index in [1.807, 2.05) is 0 Å². The number of hydrogen-bond donors (Lipinski definition) is 2. The highest BCUT2D eigenvalue weighted by Crippen LogP contribution is 2.20. The molecule has 3 N–H and O–H groups in total. The molecule has 0 aliphatic rings. The number of hydrogen-bond acceptors (Lipinski definition) is 4. The molecule has 1 aromatic carbocycles. The Morgan fingerprint density at radius 1 is 1.42 bits per heavy atom. The summed E-state index contributed by atoms with van der Waals surface area (Å²) in [6.45, 7) is 2.69. The van der Waals surface area contributed by atoms with Crippen LogP contribution in [-0.2, 0) is 9.53 Å². The van der Waals surface area contributed by atoms with Gasteiger partial charge in [-0.05, 0) is 31.5 Å². The molecule has 0 heterocycles. The van der Waals surface area contributed by atoms with Gasteiger partial charge < -0.3 is 15.8 Å². The minimum Gasteiger partial charge on any atom is -0.466 e. The van der Waals surface area contributed by atoms with Gasteiger partial charge in [0.25, 0.3) is 5.91 Å². The van der Waals surface area contributed by atoms with Gasteiger partial charge in [0.15, 0.2) is 0 Å². The number of ether oxygens (including phenoxy) is 1. The zero-order valence-corrected chi connectivity index (χ0v) is 11.5. The molecule has 0 atom stereocenters. The fraction of sp³-hybridized carbons (Fsp3) is 0.385. The molecular weight excluding hydrogens is 268 g/mol. The summed E-state index contributed by atoms with van der Waals surface area (Å²) in [7, 11) is 0. The minimum absolute atomic E-state index is 0.226. The number of amides is 1. The van der Waals surface area contributed by atoms with Gasteiger partial charge in [0.2, 0.25) is 0 Å². The quantitative estimate of drug-likeness (QED) is 0.594. The van der Waals surface area contributed by atoms with Crippen LogP contribution in [0.5, 0.6) is 0 Å². The highest BCUT2D eigenvalue weighted by atomic mass is 35.5. The second-order valence-corrected chi connectivity index (χ2v) is 4.33. The Morgan fingerprint density at radius 3 is 2.79 bits per heavy atom. The van der Waals surface area contributed by atoms with Crippen molar-refractivity contribution in [2.24, 2.45) is 5.73 Å². The Kier molecular flexibility index (Phi) is 6.15. The lowest BCUT2D eigenvalue weighted by atomic mass is 10.1. The number of rotatable bonds is 7. The van der Waals surface area contributed by atoms with Gasteiger partial charge in [-0.15, -0.1) is 0 Å². The third-order valence-corrected chi connectivity index (χ3v) is 2.66. The van der Waals surface area contributed by atoms with Crippen molar-refractivity contribution < 1.29 is 14.3 Å². The zero-order valence-electron chi connectivity index (χ0n) is 10.7. The number of benzene rings is 1. The first-order valence-electron chi connectivity index (χ1n) is 6.03. The van der Waals surface area contributed by atoms with E-state index in [0.29, 0.717) is 42.3 Å². The lowest BCUT2D eigenvalue weighted by Gasteiger charge is -2.10. The molecule has 1 aromatic rings. The van der Waals surface area contributed by atoms with Crippen LogP contribution in [0.15, 0.2) is 18.2 Å². The smallest absolute Gasteiger partial charge is 0.305 e. The van der Waals surface area contributed by atoms with Crippen molar-refractivity contribution in [2.75, 3.05) is 18.5 Å². The Morgan fingerprint density at radius 2 is 2.16 bits per heavy atom. The van der Waals surface area contributed by atoms with Gasteiger partial charge >= 0.3 is 5.97 Å². The predicted molar refractivity (Wildman–Crippen MR) is 74.3 cm³/mol. The molecule has 0 unspecified atom stereocenters. The number of esters is 1. The molecule has 0 aliphatic carbocycles. The summed E-state index contributed by atoms with van der Waals surface area (Å²) in [5.74, 6) is -0.772. The monoisotopic (exact) mass is 284 g/mol. The highest BCUT2D eigenvalue weighted by Gasteiger charge is 2.08. The second kappa shape index (κ2) is 7.63. The Balaban J connectivity index is 2.49. The van der Waals surface area contributed by atoms with Crippen molar-refractivity contribution in [1.29, 1.82) is 0 Å². The maximum absolute atomic E-state index is 11.2. The molecule has 0 spiro atoms. The maximum Gasteiger partial charge on any atom is 0.305 e. The summed E-state index contributed by atoms with van der Waals surface area (Å²) in [5, 5.41) is 3.50. The molecule has 0 fully saturated rings. The van der Waals surface area contributed by atoms with E-state index in [9.17, 15) is 9.59 Å². The third-order valence-electron chi connectivity index (χ3n) is 2.43. The molecule has 0 radical (unpaired) electrons. The number of carbonyl (C=O) groups is 2.